The number of carbonyl (C=O) groups is 1. The van der Waals surface area contributed by atoms with Gasteiger partial charge in [-0.3, -0.25) is 4.79 Å². The Hall–Kier alpha value is -2.08. The molecule has 1 aromatic rings. The van der Waals surface area contributed by atoms with Crippen molar-refractivity contribution < 1.29 is 23.9 Å². The van der Waals surface area contributed by atoms with Crippen LogP contribution < -0.4 is 19.8 Å². The van der Waals surface area contributed by atoms with E-state index in [-0.39, 0.29) is 12.5 Å². The Kier molecular flexibility index (Phi) is 7.73. The second-order valence-electron chi connectivity index (χ2n) is 5.35. The number of quaternary nitrogens is 1. The summed E-state index contributed by atoms with van der Waals surface area (Å²) in [5, 5.41) is 4.01. The lowest BCUT2D eigenvalue weighted by Gasteiger charge is -2.22. The number of methoxy groups -OCH3 is 1. The number of benzene rings is 1. The Labute approximate surface area is 155 Å². The highest BCUT2D eigenvalue weighted by Gasteiger charge is 2.17. The van der Waals surface area contributed by atoms with E-state index in [0.717, 1.165) is 23.1 Å². The monoisotopic (exact) mass is 410 g/mol. The first kappa shape index (κ1) is 19.2. The number of nitrogens with one attached hydrogen (secondary N) is 2. The van der Waals surface area contributed by atoms with Gasteiger partial charge < -0.3 is 19.1 Å². The Bertz CT molecular complexity index is 667. The van der Waals surface area contributed by atoms with E-state index in [4.69, 9.17) is 20.6 Å². The van der Waals surface area contributed by atoms with E-state index in [2.05, 4.69) is 32.4 Å². The van der Waals surface area contributed by atoms with Gasteiger partial charge in [0, 0.05) is 10.0 Å². The number of halogens is 1. The van der Waals surface area contributed by atoms with Crippen molar-refractivity contribution in [3.63, 3.8) is 0 Å². The smallest absolute Gasteiger partial charge is 0.295 e. The lowest BCUT2D eigenvalue weighted by atomic mass is 10.2. The van der Waals surface area contributed by atoms with Crippen molar-refractivity contribution in [3.05, 3.63) is 22.2 Å². The first-order valence-electron chi connectivity index (χ1n) is 7.81. The van der Waals surface area contributed by atoms with Gasteiger partial charge in [0.05, 0.1) is 26.5 Å². The number of morpholine rings is 1. The number of carbonyl (C=O) groups excluding carboxylic acids is 1. The van der Waals surface area contributed by atoms with Crippen LogP contribution in [0.1, 0.15) is 5.56 Å². The van der Waals surface area contributed by atoms with Gasteiger partial charge >= 0.3 is 0 Å². The Balaban J connectivity index is 1.95. The maximum atomic E-state index is 11.9. The van der Waals surface area contributed by atoms with E-state index in [9.17, 15) is 4.79 Å². The van der Waals surface area contributed by atoms with Crippen LogP contribution in [0.5, 0.6) is 11.5 Å². The minimum Gasteiger partial charge on any atom is -0.493 e. The molecule has 0 unspecified atom stereocenters. The molecule has 1 heterocycles. The first-order valence-corrected chi connectivity index (χ1v) is 8.60. The molecule has 0 saturated carbocycles. The van der Waals surface area contributed by atoms with Gasteiger partial charge in [0.1, 0.15) is 19.7 Å². The second kappa shape index (κ2) is 10.0. The lowest BCUT2D eigenvalue weighted by molar-refractivity contribution is -0.900. The molecular weight excluding hydrogens is 390 g/mol. The molecule has 0 aromatic heterocycles. The molecule has 25 heavy (non-hydrogen) atoms. The van der Waals surface area contributed by atoms with Crippen molar-refractivity contribution in [2.45, 2.75) is 0 Å². The van der Waals surface area contributed by atoms with Crippen LogP contribution in [-0.4, -0.2) is 58.7 Å². The van der Waals surface area contributed by atoms with Crippen LogP contribution in [0.3, 0.4) is 0 Å². The largest absolute Gasteiger partial charge is 0.493 e. The summed E-state index contributed by atoms with van der Waals surface area (Å²) in [6, 6.07) is 3.50. The lowest BCUT2D eigenvalue weighted by Crippen LogP contribution is -3.15. The molecular formula is C17H21BrN3O4+. The highest BCUT2D eigenvalue weighted by Crippen LogP contribution is 2.32. The molecule has 0 spiro atoms. The van der Waals surface area contributed by atoms with Crippen molar-refractivity contribution in [1.29, 1.82) is 0 Å². The molecule has 1 saturated heterocycles. The topological polar surface area (TPSA) is 73.6 Å². The zero-order chi connectivity index (χ0) is 18.1. The van der Waals surface area contributed by atoms with Gasteiger partial charge in [-0.15, -0.1) is 6.42 Å². The molecule has 1 fully saturated rings. The summed E-state index contributed by atoms with van der Waals surface area (Å²) in [5.74, 6) is 3.33. The Morgan fingerprint density at radius 1 is 1.48 bits per heavy atom. The third kappa shape index (κ3) is 6.05. The Morgan fingerprint density at radius 2 is 2.24 bits per heavy atom. The number of amides is 1. The molecule has 0 aliphatic carbocycles. The van der Waals surface area contributed by atoms with Crippen molar-refractivity contribution in [3.8, 4) is 23.8 Å². The van der Waals surface area contributed by atoms with E-state index < -0.39 is 0 Å². The summed E-state index contributed by atoms with van der Waals surface area (Å²) < 4.78 is 16.7. The van der Waals surface area contributed by atoms with Crippen LogP contribution in [0.25, 0.3) is 0 Å². The fraction of sp³-hybridized carbons (Fsp3) is 0.412. The summed E-state index contributed by atoms with van der Waals surface area (Å²) in [4.78, 5) is 13.1. The van der Waals surface area contributed by atoms with Crippen LogP contribution in [0.2, 0.25) is 0 Å². The van der Waals surface area contributed by atoms with Gasteiger partial charge in [0.15, 0.2) is 18.0 Å². The summed E-state index contributed by atoms with van der Waals surface area (Å²) >= 11 is 3.44. The maximum Gasteiger partial charge on any atom is 0.295 e. The second-order valence-corrected chi connectivity index (χ2v) is 6.20. The molecule has 1 aromatic carbocycles. The van der Waals surface area contributed by atoms with Crippen LogP contribution in [-0.2, 0) is 9.53 Å². The molecule has 2 rings (SSSR count). The van der Waals surface area contributed by atoms with Gasteiger partial charge in [-0.25, -0.2) is 5.43 Å². The van der Waals surface area contributed by atoms with E-state index in [0.29, 0.717) is 31.3 Å². The van der Waals surface area contributed by atoms with Gasteiger partial charge in [0.25, 0.3) is 5.91 Å². The highest BCUT2D eigenvalue weighted by molar-refractivity contribution is 9.10. The average Bonchev–Trinajstić information content (AvgIpc) is 2.62. The molecule has 1 amide bonds. The van der Waals surface area contributed by atoms with E-state index in [1.165, 1.54) is 4.90 Å². The minimum absolute atomic E-state index is 0.134. The molecule has 134 valence electrons. The van der Waals surface area contributed by atoms with Gasteiger partial charge in [-0.2, -0.15) is 5.10 Å². The Morgan fingerprint density at radius 3 is 2.92 bits per heavy atom. The third-order valence-electron chi connectivity index (χ3n) is 3.60. The minimum atomic E-state index is -0.134. The number of terminal acetylenes is 1. The van der Waals surface area contributed by atoms with E-state index in [1.807, 2.05) is 0 Å². The molecule has 1 aliphatic rings. The molecule has 8 heteroatoms. The highest BCUT2D eigenvalue weighted by atomic mass is 79.9. The molecule has 1 aliphatic heterocycles. The number of nitrogens with zero attached hydrogens (tertiary/aromatic N) is 1. The zero-order valence-electron chi connectivity index (χ0n) is 14.0. The van der Waals surface area contributed by atoms with Crippen molar-refractivity contribution in [2.24, 2.45) is 5.10 Å². The number of rotatable bonds is 7. The quantitative estimate of drug-likeness (QED) is 0.372. The van der Waals surface area contributed by atoms with E-state index in [1.54, 1.807) is 25.5 Å². The predicted molar refractivity (Wildman–Crippen MR) is 97.1 cm³/mol. The van der Waals surface area contributed by atoms with Crippen LogP contribution in [0, 0.1) is 12.3 Å². The molecule has 0 bridgehead atoms. The molecule has 0 atom stereocenters. The van der Waals surface area contributed by atoms with Gasteiger partial charge in [-0.1, -0.05) is 5.92 Å². The summed E-state index contributed by atoms with van der Waals surface area (Å²) in [5.41, 5.74) is 3.28. The SMILES string of the molecule is C#CCOc1cc(Br)c(/C=N\NC(=O)C[NH+]2CCOCC2)cc1OC. The van der Waals surface area contributed by atoms with Crippen LogP contribution in [0.15, 0.2) is 21.7 Å². The normalized spacial score (nSPS) is 14.9. The maximum absolute atomic E-state index is 11.9. The predicted octanol–water partition coefficient (Wildman–Crippen LogP) is -0.165. The molecule has 0 radical (unpaired) electrons. The summed E-state index contributed by atoms with van der Waals surface area (Å²) in [7, 11) is 1.54. The third-order valence-corrected chi connectivity index (χ3v) is 4.28. The number of hydrogen-bond acceptors (Lipinski definition) is 5. The van der Waals surface area contributed by atoms with Crippen molar-refractivity contribution >= 4 is 28.1 Å². The van der Waals surface area contributed by atoms with Crippen LogP contribution in [0.4, 0.5) is 0 Å². The van der Waals surface area contributed by atoms with Crippen molar-refractivity contribution in [1.82, 2.24) is 5.43 Å². The first-order chi connectivity index (χ1) is 12.1. The zero-order valence-corrected chi connectivity index (χ0v) is 15.6. The van der Waals surface area contributed by atoms with Crippen LogP contribution >= 0.6 is 15.9 Å². The van der Waals surface area contributed by atoms with Gasteiger partial charge in [0.2, 0.25) is 0 Å². The fourth-order valence-corrected chi connectivity index (χ4v) is 2.74. The average molecular weight is 411 g/mol. The number of hydrazone groups is 1. The number of hydrogen-bond donors (Lipinski definition) is 2. The van der Waals surface area contributed by atoms with Crippen molar-refractivity contribution in [2.75, 3.05) is 46.6 Å². The van der Waals surface area contributed by atoms with Gasteiger partial charge in [-0.05, 0) is 28.1 Å². The number of ether oxygens (including phenoxy) is 3. The standard InChI is InChI=1S/C17H20BrN3O4/c1-3-6-25-16-10-14(18)13(9-15(16)23-2)11-19-20-17(22)12-21-4-7-24-8-5-21/h1,9-11H,4-8,12H2,2H3,(H,20,22)/p+1/b19-11-. The molecule has 2 N–H and O–H groups in total. The summed E-state index contributed by atoms with van der Waals surface area (Å²) in [6.45, 7) is 3.57. The molecule has 7 nitrogen and oxygen atoms in total. The van der Waals surface area contributed by atoms with E-state index >= 15 is 0 Å². The fourth-order valence-electron chi connectivity index (χ4n) is 2.32. The summed E-state index contributed by atoms with van der Waals surface area (Å²) in [6.07, 6.45) is 6.75.